The Morgan fingerprint density at radius 2 is 2.03 bits per heavy atom. The minimum atomic E-state index is -0.428. The largest absolute Gasteiger partial charge is 0.396 e. The number of hydrogen-bond acceptors (Lipinski definition) is 5. The fourth-order valence-electron chi connectivity index (χ4n) is 3.08. The van der Waals surface area contributed by atoms with Crippen LogP contribution in [0.3, 0.4) is 0 Å². The van der Waals surface area contributed by atoms with Crippen molar-refractivity contribution in [2.45, 2.75) is 13.8 Å². The van der Waals surface area contributed by atoms with Crippen molar-refractivity contribution in [1.29, 1.82) is 0 Å². The zero-order chi connectivity index (χ0) is 22.7. The van der Waals surface area contributed by atoms with Crippen LogP contribution in [0.2, 0.25) is 0 Å². The van der Waals surface area contributed by atoms with Gasteiger partial charge in [-0.05, 0) is 58.8 Å². The van der Waals surface area contributed by atoms with E-state index in [1.165, 1.54) is 12.1 Å². The quantitative estimate of drug-likeness (QED) is 0.153. The van der Waals surface area contributed by atoms with Crippen LogP contribution >= 0.6 is 22.6 Å². The SMILES string of the molecule is CC(C)COn1ncc2cc(I)c(-c3ncccc3C#Cc3cccc([N+](=O)[O-])c3)cc21. The highest BCUT2D eigenvalue weighted by Crippen LogP contribution is 2.30. The van der Waals surface area contributed by atoms with E-state index in [0.29, 0.717) is 18.1 Å². The first-order chi connectivity index (χ1) is 15.4. The number of pyridine rings is 1. The molecule has 0 atom stereocenters. The molecule has 0 N–H and O–H groups in total. The Balaban J connectivity index is 1.76. The Kier molecular flexibility index (Phi) is 6.37. The second kappa shape index (κ2) is 9.36. The summed E-state index contributed by atoms with van der Waals surface area (Å²) in [7, 11) is 0. The molecule has 32 heavy (non-hydrogen) atoms. The van der Waals surface area contributed by atoms with Crippen molar-refractivity contribution >= 4 is 39.2 Å². The number of nitrogens with zero attached hydrogens (tertiary/aromatic N) is 4. The van der Waals surface area contributed by atoms with Crippen LogP contribution in [0.1, 0.15) is 25.0 Å². The zero-order valence-electron chi connectivity index (χ0n) is 17.4. The molecule has 7 nitrogen and oxygen atoms in total. The number of benzene rings is 2. The number of fused-ring (bicyclic) bond motifs is 1. The predicted octanol–water partition coefficient (Wildman–Crippen LogP) is 5.10. The molecule has 0 amide bonds. The highest BCUT2D eigenvalue weighted by molar-refractivity contribution is 14.1. The van der Waals surface area contributed by atoms with E-state index in [9.17, 15) is 10.1 Å². The lowest BCUT2D eigenvalue weighted by Crippen LogP contribution is -2.17. The van der Waals surface area contributed by atoms with Crippen molar-refractivity contribution in [3.05, 3.63) is 85.7 Å². The molecule has 160 valence electrons. The van der Waals surface area contributed by atoms with Gasteiger partial charge in [-0.15, -0.1) is 5.10 Å². The lowest BCUT2D eigenvalue weighted by Gasteiger charge is -2.10. The molecule has 8 heteroatoms. The van der Waals surface area contributed by atoms with E-state index in [4.69, 9.17) is 4.84 Å². The number of halogens is 1. The summed E-state index contributed by atoms with van der Waals surface area (Å²) in [6, 6.07) is 14.0. The van der Waals surface area contributed by atoms with Crippen LogP contribution in [0.5, 0.6) is 0 Å². The molecular weight excluding hydrogens is 519 g/mol. The number of rotatable bonds is 5. The van der Waals surface area contributed by atoms with E-state index in [0.717, 1.165) is 31.3 Å². The summed E-state index contributed by atoms with van der Waals surface area (Å²) in [5.74, 6) is 6.53. The van der Waals surface area contributed by atoms with Gasteiger partial charge < -0.3 is 4.84 Å². The van der Waals surface area contributed by atoms with Gasteiger partial charge >= 0.3 is 0 Å². The maximum Gasteiger partial charge on any atom is 0.270 e. The van der Waals surface area contributed by atoms with Gasteiger partial charge in [0.15, 0.2) is 0 Å². The third-order valence-electron chi connectivity index (χ3n) is 4.62. The van der Waals surface area contributed by atoms with Crippen LogP contribution in [-0.4, -0.2) is 26.5 Å². The standard InChI is InChI=1S/C24H19IN4O3/c1-16(2)15-32-28-23-13-21(22(25)12-19(23)14-27-28)24-18(6-4-10-26-24)9-8-17-5-3-7-20(11-17)29(30)31/h3-7,10-14,16H,15H2,1-2H3. The van der Waals surface area contributed by atoms with Crippen LogP contribution in [0.25, 0.3) is 22.2 Å². The Labute approximate surface area is 198 Å². The lowest BCUT2D eigenvalue weighted by atomic mass is 10.0. The molecule has 2 aromatic heterocycles. The van der Waals surface area contributed by atoms with Crippen molar-refractivity contribution in [2.75, 3.05) is 6.61 Å². The van der Waals surface area contributed by atoms with E-state index < -0.39 is 4.92 Å². The third kappa shape index (κ3) is 4.73. The average molecular weight is 538 g/mol. The van der Waals surface area contributed by atoms with Gasteiger partial charge in [0, 0.05) is 38.4 Å². The molecule has 0 saturated heterocycles. The van der Waals surface area contributed by atoms with Crippen molar-refractivity contribution in [3.63, 3.8) is 0 Å². The van der Waals surface area contributed by atoms with E-state index >= 15 is 0 Å². The monoisotopic (exact) mass is 538 g/mol. The first-order valence-electron chi connectivity index (χ1n) is 9.95. The van der Waals surface area contributed by atoms with Gasteiger partial charge in [-0.1, -0.05) is 36.6 Å². The molecule has 2 aromatic carbocycles. The molecule has 0 spiro atoms. The highest BCUT2D eigenvalue weighted by atomic mass is 127. The maximum atomic E-state index is 11.0. The molecule has 0 radical (unpaired) electrons. The molecule has 0 aliphatic heterocycles. The van der Waals surface area contributed by atoms with Crippen LogP contribution in [-0.2, 0) is 0 Å². The van der Waals surface area contributed by atoms with E-state index in [1.54, 1.807) is 29.4 Å². The smallest absolute Gasteiger partial charge is 0.270 e. The topological polar surface area (TPSA) is 83.1 Å². The van der Waals surface area contributed by atoms with E-state index in [-0.39, 0.29) is 5.69 Å². The van der Waals surface area contributed by atoms with Crippen molar-refractivity contribution < 1.29 is 9.76 Å². The summed E-state index contributed by atoms with van der Waals surface area (Å²) in [5.41, 5.74) is 3.80. The van der Waals surface area contributed by atoms with Crippen LogP contribution in [0.15, 0.2) is 60.9 Å². The number of nitro benzene ring substituents is 1. The molecule has 0 unspecified atom stereocenters. The van der Waals surface area contributed by atoms with Gasteiger partial charge in [-0.25, -0.2) is 0 Å². The molecule has 0 bridgehead atoms. The van der Waals surface area contributed by atoms with Gasteiger partial charge in [0.1, 0.15) is 12.1 Å². The second-order valence-electron chi connectivity index (χ2n) is 7.55. The van der Waals surface area contributed by atoms with Gasteiger partial charge in [0.25, 0.3) is 5.69 Å². The number of aromatic nitrogens is 3. The van der Waals surface area contributed by atoms with Crippen molar-refractivity contribution in [2.24, 2.45) is 5.92 Å². The summed E-state index contributed by atoms with van der Waals surface area (Å²) in [6.45, 7) is 4.72. The van der Waals surface area contributed by atoms with Gasteiger partial charge in [-0.2, -0.15) is 0 Å². The highest BCUT2D eigenvalue weighted by Gasteiger charge is 2.14. The summed E-state index contributed by atoms with van der Waals surface area (Å²) in [6.07, 6.45) is 3.50. The number of nitro groups is 1. The molecule has 0 saturated carbocycles. The molecule has 0 fully saturated rings. The normalized spacial score (nSPS) is 10.8. The van der Waals surface area contributed by atoms with Crippen molar-refractivity contribution in [1.82, 2.24) is 14.9 Å². The van der Waals surface area contributed by atoms with Crippen molar-refractivity contribution in [3.8, 4) is 23.1 Å². The predicted molar refractivity (Wildman–Crippen MR) is 131 cm³/mol. The molecule has 0 aliphatic carbocycles. The summed E-state index contributed by atoms with van der Waals surface area (Å²) in [4.78, 5) is 22.5. The fourth-order valence-corrected chi connectivity index (χ4v) is 3.83. The third-order valence-corrected chi connectivity index (χ3v) is 5.51. The zero-order valence-corrected chi connectivity index (χ0v) is 19.6. The molecule has 4 rings (SSSR count). The van der Waals surface area contributed by atoms with Crippen LogP contribution in [0, 0.1) is 31.4 Å². The summed E-state index contributed by atoms with van der Waals surface area (Å²) >= 11 is 2.28. The summed E-state index contributed by atoms with van der Waals surface area (Å²) in [5, 5.41) is 16.4. The minimum absolute atomic E-state index is 0.0119. The van der Waals surface area contributed by atoms with Gasteiger partial charge in [0.05, 0.1) is 22.4 Å². The van der Waals surface area contributed by atoms with Gasteiger partial charge in [0.2, 0.25) is 0 Å². The number of hydrogen-bond donors (Lipinski definition) is 0. The molecule has 2 heterocycles. The second-order valence-corrected chi connectivity index (χ2v) is 8.72. The number of non-ortho nitro benzene ring substituents is 1. The van der Waals surface area contributed by atoms with Gasteiger partial charge in [-0.3, -0.25) is 15.1 Å². The Hall–Kier alpha value is -3.45. The Morgan fingerprint density at radius 1 is 1.19 bits per heavy atom. The van der Waals surface area contributed by atoms with Crippen LogP contribution in [0.4, 0.5) is 5.69 Å². The Bertz CT molecular complexity index is 1370. The average Bonchev–Trinajstić information content (AvgIpc) is 3.17. The van der Waals surface area contributed by atoms with E-state index in [2.05, 4.69) is 58.4 Å². The minimum Gasteiger partial charge on any atom is -0.396 e. The van der Waals surface area contributed by atoms with E-state index in [1.807, 2.05) is 24.3 Å². The molecule has 0 aliphatic rings. The van der Waals surface area contributed by atoms with Crippen LogP contribution < -0.4 is 4.84 Å². The molecular formula is C24H19IN4O3. The molecule has 4 aromatic rings. The fraction of sp³-hybridized carbons (Fsp3) is 0.167. The maximum absolute atomic E-state index is 11.0. The summed E-state index contributed by atoms with van der Waals surface area (Å²) < 4.78 is 1.01. The Morgan fingerprint density at radius 3 is 2.81 bits per heavy atom. The first-order valence-corrected chi connectivity index (χ1v) is 11.0. The first kappa shape index (κ1) is 21.8. The lowest BCUT2D eigenvalue weighted by molar-refractivity contribution is -0.384.